The van der Waals surface area contributed by atoms with E-state index in [4.69, 9.17) is 9.57 Å². The van der Waals surface area contributed by atoms with Gasteiger partial charge in [0.25, 0.3) is 0 Å². The molecule has 3 rings (SSSR count). The Bertz CT molecular complexity index is 828. The van der Waals surface area contributed by atoms with Crippen LogP contribution in [0.4, 0.5) is 4.79 Å². The van der Waals surface area contributed by atoms with Gasteiger partial charge in [0.05, 0.1) is 12.6 Å². The predicted octanol–water partition coefficient (Wildman–Crippen LogP) is 4.70. The molecule has 2 aromatic carbocycles. The van der Waals surface area contributed by atoms with Gasteiger partial charge in [-0.3, -0.25) is 4.84 Å². The van der Waals surface area contributed by atoms with Gasteiger partial charge in [-0.2, -0.15) is 5.06 Å². The molecule has 0 aromatic heterocycles. The summed E-state index contributed by atoms with van der Waals surface area (Å²) in [7, 11) is 0. The van der Waals surface area contributed by atoms with Crippen LogP contribution < -0.4 is 0 Å². The molecule has 1 saturated heterocycles. The van der Waals surface area contributed by atoms with E-state index in [1.54, 1.807) is 0 Å². The molecule has 1 aliphatic rings. The quantitative estimate of drug-likeness (QED) is 0.701. The Kier molecular flexibility index (Phi) is 5.29. The molecule has 1 unspecified atom stereocenters. The summed E-state index contributed by atoms with van der Waals surface area (Å²) in [6.07, 6.45) is 0.273. The van der Waals surface area contributed by atoms with Gasteiger partial charge in [0.2, 0.25) is 0 Å². The first-order valence-corrected chi connectivity index (χ1v) is 8.74. The zero-order valence-corrected chi connectivity index (χ0v) is 15.4. The SMILES string of the molecule is CC(C)(C)OC(=O)N1OCCC1c1cccc(C#Cc2ccccc2)c1. The summed E-state index contributed by atoms with van der Waals surface area (Å²) in [5, 5.41) is 1.34. The monoisotopic (exact) mass is 349 g/mol. The second-order valence-electron chi connectivity index (χ2n) is 7.19. The summed E-state index contributed by atoms with van der Waals surface area (Å²) in [6, 6.07) is 17.6. The van der Waals surface area contributed by atoms with E-state index in [9.17, 15) is 4.79 Å². The second-order valence-corrected chi connectivity index (χ2v) is 7.19. The molecule has 4 nitrogen and oxygen atoms in total. The summed E-state index contributed by atoms with van der Waals surface area (Å²) in [6.45, 7) is 6.02. The van der Waals surface area contributed by atoms with E-state index in [1.807, 2.05) is 75.4 Å². The standard InChI is InChI=1S/C22H23NO3/c1-22(2,3)26-21(24)23-20(14-15-25-23)19-11-7-10-18(16-19)13-12-17-8-5-4-6-9-17/h4-11,16,20H,14-15H2,1-3H3. The summed E-state index contributed by atoms with van der Waals surface area (Å²) in [5.41, 5.74) is 2.31. The Morgan fingerprint density at radius 2 is 1.77 bits per heavy atom. The molecule has 1 heterocycles. The molecule has 2 aromatic rings. The Labute approximate surface area is 154 Å². The van der Waals surface area contributed by atoms with Crippen molar-refractivity contribution in [2.75, 3.05) is 6.61 Å². The number of nitrogens with zero attached hydrogens (tertiary/aromatic N) is 1. The topological polar surface area (TPSA) is 38.8 Å². The number of ether oxygens (including phenoxy) is 1. The molecule has 4 heteroatoms. The van der Waals surface area contributed by atoms with Gasteiger partial charge in [0.1, 0.15) is 5.60 Å². The van der Waals surface area contributed by atoms with E-state index in [0.717, 1.165) is 23.1 Å². The van der Waals surface area contributed by atoms with Crippen molar-refractivity contribution in [2.45, 2.75) is 38.8 Å². The van der Waals surface area contributed by atoms with E-state index in [-0.39, 0.29) is 6.04 Å². The maximum atomic E-state index is 12.4. The minimum Gasteiger partial charge on any atom is -0.442 e. The zero-order chi connectivity index (χ0) is 18.6. The number of carbonyl (C=O) groups is 1. The fraction of sp³-hybridized carbons (Fsp3) is 0.318. The van der Waals surface area contributed by atoms with E-state index in [2.05, 4.69) is 11.8 Å². The van der Waals surface area contributed by atoms with Crippen LogP contribution in [0.15, 0.2) is 54.6 Å². The molecule has 0 aliphatic carbocycles. The molecule has 1 aliphatic heterocycles. The first-order chi connectivity index (χ1) is 12.4. The van der Waals surface area contributed by atoms with Crippen LogP contribution in [0, 0.1) is 11.8 Å². The van der Waals surface area contributed by atoms with Crippen LogP contribution in [0.2, 0.25) is 0 Å². The highest BCUT2D eigenvalue weighted by atomic mass is 16.7. The number of carbonyl (C=O) groups excluding carboxylic acids is 1. The van der Waals surface area contributed by atoms with Crippen molar-refractivity contribution in [2.24, 2.45) is 0 Å². The Balaban J connectivity index is 1.79. The first-order valence-electron chi connectivity index (χ1n) is 8.74. The van der Waals surface area contributed by atoms with E-state index in [1.165, 1.54) is 5.06 Å². The molecule has 134 valence electrons. The lowest BCUT2D eigenvalue weighted by atomic mass is 10.0. The first kappa shape index (κ1) is 18.0. The second kappa shape index (κ2) is 7.63. The highest BCUT2D eigenvalue weighted by molar-refractivity contribution is 5.68. The van der Waals surface area contributed by atoms with E-state index >= 15 is 0 Å². The van der Waals surface area contributed by atoms with Crippen LogP contribution >= 0.6 is 0 Å². The summed E-state index contributed by atoms with van der Waals surface area (Å²) in [5.74, 6) is 6.34. The van der Waals surface area contributed by atoms with Crippen LogP contribution in [0.25, 0.3) is 0 Å². The Morgan fingerprint density at radius 1 is 1.08 bits per heavy atom. The number of rotatable bonds is 1. The maximum Gasteiger partial charge on any atom is 0.435 e. The molecule has 26 heavy (non-hydrogen) atoms. The molecule has 0 radical (unpaired) electrons. The number of benzene rings is 2. The van der Waals surface area contributed by atoms with Crippen molar-refractivity contribution in [3.63, 3.8) is 0 Å². The van der Waals surface area contributed by atoms with Crippen molar-refractivity contribution in [1.82, 2.24) is 5.06 Å². The highest BCUT2D eigenvalue weighted by Crippen LogP contribution is 2.32. The fourth-order valence-electron chi connectivity index (χ4n) is 2.75. The maximum absolute atomic E-state index is 12.4. The van der Waals surface area contributed by atoms with Gasteiger partial charge in [-0.1, -0.05) is 42.2 Å². The van der Waals surface area contributed by atoms with Crippen molar-refractivity contribution in [3.8, 4) is 11.8 Å². The summed E-state index contributed by atoms with van der Waals surface area (Å²) in [4.78, 5) is 17.9. The van der Waals surface area contributed by atoms with Gasteiger partial charge >= 0.3 is 6.09 Å². The van der Waals surface area contributed by atoms with Gasteiger partial charge in [-0.05, 0) is 50.6 Å². The molecule has 0 bridgehead atoms. The van der Waals surface area contributed by atoms with Crippen molar-refractivity contribution in [1.29, 1.82) is 0 Å². The Morgan fingerprint density at radius 3 is 2.50 bits per heavy atom. The van der Waals surface area contributed by atoms with Crippen molar-refractivity contribution >= 4 is 6.09 Å². The van der Waals surface area contributed by atoms with Crippen LogP contribution in [0.5, 0.6) is 0 Å². The third-order valence-corrected chi connectivity index (χ3v) is 3.87. The zero-order valence-electron chi connectivity index (χ0n) is 15.4. The van der Waals surface area contributed by atoms with Crippen molar-refractivity contribution < 1.29 is 14.4 Å². The molecular formula is C22H23NO3. The third-order valence-electron chi connectivity index (χ3n) is 3.87. The molecule has 1 atom stereocenters. The van der Waals surface area contributed by atoms with Gasteiger partial charge in [-0.25, -0.2) is 4.79 Å². The molecule has 0 N–H and O–H groups in total. The normalized spacial score (nSPS) is 16.7. The molecule has 1 fully saturated rings. The highest BCUT2D eigenvalue weighted by Gasteiger charge is 2.34. The summed E-state index contributed by atoms with van der Waals surface area (Å²) >= 11 is 0. The largest absolute Gasteiger partial charge is 0.442 e. The number of hydrogen-bond donors (Lipinski definition) is 0. The fourth-order valence-corrected chi connectivity index (χ4v) is 2.75. The van der Waals surface area contributed by atoms with E-state index < -0.39 is 11.7 Å². The van der Waals surface area contributed by atoms with Crippen LogP contribution in [0.1, 0.15) is 49.9 Å². The minimum atomic E-state index is -0.559. The van der Waals surface area contributed by atoms with Gasteiger partial charge in [0, 0.05) is 17.5 Å². The van der Waals surface area contributed by atoms with Crippen LogP contribution in [0.3, 0.4) is 0 Å². The average Bonchev–Trinajstić information content (AvgIpc) is 3.10. The number of hydroxylamine groups is 2. The van der Waals surface area contributed by atoms with Crippen LogP contribution in [-0.4, -0.2) is 23.4 Å². The number of hydrogen-bond acceptors (Lipinski definition) is 3. The van der Waals surface area contributed by atoms with Crippen LogP contribution in [-0.2, 0) is 9.57 Å². The van der Waals surface area contributed by atoms with Gasteiger partial charge in [-0.15, -0.1) is 0 Å². The third kappa shape index (κ3) is 4.65. The number of amides is 1. The lowest BCUT2D eigenvalue weighted by Gasteiger charge is -2.27. The molecule has 1 amide bonds. The average molecular weight is 349 g/mol. The van der Waals surface area contributed by atoms with Gasteiger partial charge in [0.15, 0.2) is 0 Å². The van der Waals surface area contributed by atoms with E-state index in [0.29, 0.717) is 6.61 Å². The van der Waals surface area contributed by atoms with Crippen molar-refractivity contribution in [3.05, 3.63) is 71.3 Å². The summed E-state index contributed by atoms with van der Waals surface area (Å²) < 4.78 is 5.44. The van der Waals surface area contributed by atoms with Gasteiger partial charge < -0.3 is 4.74 Å². The lowest BCUT2D eigenvalue weighted by Crippen LogP contribution is -2.35. The lowest BCUT2D eigenvalue weighted by molar-refractivity contribution is -0.125. The smallest absolute Gasteiger partial charge is 0.435 e. The predicted molar refractivity (Wildman–Crippen MR) is 100 cm³/mol. The molecule has 0 spiro atoms. The molecular weight excluding hydrogens is 326 g/mol. The minimum absolute atomic E-state index is 0.164. The molecule has 0 saturated carbocycles. The Hall–Kier alpha value is -2.77.